The average Bonchev–Trinajstić information content (AvgIpc) is 2.67. The minimum Gasteiger partial charge on any atom is -0.495 e. The van der Waals surface area contributed by atoms with Crippen LogP contribution in [0.15, 0.2) is 42.5 Å². The number of para-hydroxylation sites is 1. The van der Waals surface area contributed by atoms with Gasteiger partial charge in [0, 0.05) is 44.2 Å². The Morgan fingerprint density at radius 3 is 2.56 bits per heavy atom. The minimum atomic E-state index is -0.0518. The predicted octanol–water partition coefficient (Wildman–Crippen LogP) is 4.15. The molecule has 2 aromatic rings. The summed E-state index contributed by atoms with van der Waals surface area (Å²) in [5, 5.41) is 4.22. The first kappa shape index (κ1) is 19.8. The number of halogens is 2. The molecule has 7 heteroatoms. The summed E-state index contributed by atoms with van der Waals surface area (Å²) in [5.41, 5.74) is 1.67. The molecule has 2 aromatic carbocycles. The first-order chi connectivity index (χ1) is 13.1. The summed E-state index contributed by atoms with van der Waals surface area (Å²) in [6, 6.07) is 13.1. The summed E-state index contributed by atoms with van der Waals surface area (Å²) in [5.74, 6) is 0.546. The van der Waals surface area contributed by atoms with Crippen LogP contribution in [0.1, 0.15) is 6.42 Å². The third-order valence-electron chi connectivity index (χ3n) is 4.66. The van der Waals surface area contributed by atoms with Crippen molar-refractivity contribution in [2.75, 3.05) is 50.1 Å². The molecule has 1 fully saturated rings. The minimum absolute atomic E-state index is 0.0518. The van der Waals surface area contributed by atoms with Crippen LogP contribution >= 0.6 is 23.2 Å². The summed E-state index contributed by atoms with van der Waals surface area (Å²) < 4.78 is 5.26. The first-order valence-electron chi connectivity index (χ1n) is 8.92. The van der Waals surface area contributed by atoms with Crippen molar-refractivity contribution in [3.63, 3.8) is 0 Å². The number of nitrogens with zero attached hydrogens (tertiary/aromatic N) is 2. The van der Waals surface area contributed by atoms with Gasteiger partial charge in [-0.05, 0) is 30.3 Å². The number of methoxy groups -OCH3 is 1. The molecule has 0 aliphatic carbocycles. The number of anilines is 2. The Morgan fingerprint density at radius 2 is 1.85 bits per heavy atom. The molecule has 0 radical (unpaired) electrons. The van der Waals surface area contributed by atoms with E-state index in [1.165, 1.54) is 0 Å². The molecule has 0 aromatic heterocycles. The molecule has 144 valence electrons. The number of benzene rings is 2. The quantitative estimate of drug-likeness (QED) is 0.780. The van der Waals surface area contributed by atoms with Gasteiger partial charge in [0.15, 0.2) is 0 Å². The number of hydrogen-bond donors (Lipinski definition) is 1. The Kier molecular flexibility index (Phi) is 6.83. The van der Waals surface area contributed by atoms with Crippen molar-refractivity contribution >= 4 is 40.5 Å². The summed E-state index contributed by atoms with van der Waals surface area (Å²) in [6.07, 6.45) is 0.418. The molecule has 5 nitrogen and oxygen atoms in total. The average molecular weight is 408 g/mol. The number of hydrogen-bond acceptors (Lipinski definition) is 4. The van der Waals surface area contributed by atoms with Crippen molar-refractivity contribution in [2.45, 2.75) is 6.42 Å². The molecular formula is C20H23Cl2N3O2. The fourth-order valence-electron chi connectivity index (χ4n) is 3.17. The molecule has 27 heavy (non-hydrogen) atoms. The largest absolute Gasteiger partial charge is 0.495 e. The topological polar surface area (TPSA) is 44.8 Å². The van der Waals surface area contributed by atoms with Crippen LogP contribution in [-0.2, 0) is 4.79 Å². The van der Waals surface area contributed by atoms with Gasteiger partial charge in [0.1, 0.15) is 5.75 Å². The smallest absolute Gasteiger partial charge is 0.225 e. The van der Waals surface area contributed by atoms with Gasteiger partial charge in [-0.15, -0.1) is 0 Å². The Morgan fingerprint density at radius 1 is 1.11 bits per heavy atom. The van der Waals surface area contributed by atoms with Gasteiger partial charge in [-0.1, -0.05) is 35.3 Å². The van der Waals surface area contributed by atoms with Crippen molar-refractivity contribution in [3.8, 4) is 5.75 Å². The van der Waals surface area contributed by atoms with E-state index < -0.39 is 0 Å². The molecule has 1 aliphatic rings. The zero-order chi connectivity index (χ0) is 19.2. The molecular weight excluding hydrogens is 385 g/mol. The van der Waals surface area contributed by atoms with E-state index in [4.69, 9.17) is 27.9 Å². The lowest BCUT2D eigenvalue weighted by atomic mass is 10.2. The van der Waals surface area contributed by atoms with E-state index in [9.17, 15) is 4.79 Å². The van der Waals surface area contributed by atoms with Gasteiger partial charge < -0.3 is 15.0 Å². The number of carbonyl (C=O) groups excluding carboxylic acids is 1. The lowest BCUT2D eigenvalue weighted by molar-refractivity contribution is -0.116. The van der Waals surface area contributed by atoms with Crippen LogP contribution in [0.4, 0.5) is 11.4 Å². The van der Waals surface area contributed by atoms with E-state index in [1.807, 2.05) is 24.3 Å². The number of nitrogens with one attached hydrogen (secondary N) is 1. The first-order valence-corrected chi connectivity index (χ1v) is 9.67. The number of carbonyl (C=O) groups is 1. The van der Waals surface area contributed by atoms with Crippen LogP contribution in [0.5, 0.6) is 5.75 Å². The van der Waals surface area contributed by atoms with Crippen LogP contribution in [0.3, 0.4) is 0 Å². The second kappa shape index (κ2) is 9.31. The standard InChI is InChI=1S/C20H23Cl2N3O2/c1-27-19-7-6-15(21)14-17(19)23-20(26)8-9-24-10-12-25(13-11-24)18-5-3-2-4-16(18)22/h2-7,14H,8-13H2,1H3,(H,23,26). The highest BCUT2D eigenvalue weighted by Crippen LogP contribution is 2.28. The SMILES string of the molecule is COc1ccc(Cl)cc1NC(=O)CCN1CCN(c2ccccc2Cl)CC1. The number of piperazine rings is 1. The molecule has 0 bridgehead atoms. The number of amides is 1. The van der Waals surface area contributed by atoms with E-state index >= 15 is 0 Å². The van der Waals surface area contributed by atoms with Crippen LogP contribution < -0.4 is 15.0 Å². The number of ether oxygens (including phenoxy) is 1. The number of rotatable bonds is 6. The van der Waals surface area contributed by atoms with E-state index in [1.54, 1.807) is 25.3 Å². The summed E-state index contributed by atoms with van der Waals surface area (Å²) >= 11 is 12.3. The van der Waals surface area contributed by atoms with Crippen molar-refractivity contribution in [2.24, 2.45) is 0 Å². The highest BCUT2D eigenvalue weighted by Gasteiger charge is 2.19. The monoisotopic (exact) mass is 407 g/mol. The zero-order valence-electron chi connectivity index (χ0n) is 15.3. The molecule has 1 amide bonds. The maximum Gasteiger partial charge on any atom is 0.225 e. The maximum absolute atomic E-state index is 12.3. The Bertz CT molecular complexity index is 793. The van der Waals surface area contributed by atoms with Crippen LogP contribution in [0.25, 0.3) is 0 Å². The Hall–Kier alpha value is -1.95. The summed E-state index contributed by atoms with van der Waals surface area (Å²) in [6.45, 7) is 4.31. The highest BCUT2D eigenvalue weighted by molar-refractivity contribution is 6.33. The van der Waals surface area contributed by atoms with E-state index in [2.05, 4.69) is 15.1 Å². The molecule has 1 N–H and O–H groups in total. The lowest BCUT2D eigenvalue weighted by Crippen LogP contribution is -2.47. The zero-order valence-corrected chi connectivity index (χ0v) is 16.8. The molecule has 1 aliphatic heterocycles. The van der Waals surface area contributed by atoms with E-state index in [0.29, 0.717) is 29.4 Å². The van der Waals surface area contributed by atoms with Crippen LogP contribution in [0.2, 0.25) is 10.0 Å². The maximum atomic E-state index is 12.3. The fraction of sp³-hybridized carbons (Fsp3) is 0.350. The van der Waals surface area contributed by atoms with Crippen molar-refractivity contribution in [3.05, 3.63) is 52.5 Å². The molecule has 0 saturated carbocycles. The lowest BCUT2D eigenvalue weighted by Gasteiger charge is -2.36. The van der Waals surface area contributed by atoms with E-state index in [-0.39, 0.29) is 5.91 Å². The van der Waals surface area contributed by atoms with Gasteiger partial charge in [0.05, 0.1) is 23.5 Å². The van der Waals surface area contributed by atoms with Gasteiger partial charge in [-0.2, -0.15) is 0 Å². The Labute approximate surface area is 169 Å². The molecule has 1 heterocycles. The van der Waals surface area contributed by atoms with Crippen molar-refractivity contribution < 1.29 is 9.53 Å². The summed E-state index contributed by atoms with van der Waals surface area (Å²) in [4.78, 5) is 16.9. The van der Waals surface area contributed by atoms with Gasteiger partial charge in [0.25, 0.3) is 0 Å². The highest BCUT2D eigenvalue weighted by atomic mass is 35.5. The van der Waals surface area contributed by atoms with Gasteiger partial charge in [-0.25, -0.2) is 0 Å². The fourth-order valence-corrected chi connectivity index (χ4v) is 3.60. The second-order valence-corrected chi connectivity index (χ2v) is 7.27. The van der Waals surface area contributed by atoms with Gasteiger partial charge >= 0.3 is 0 Å². The molecule has 1 saturated heterocycles. The van der Waals surface area contributed by atoms with Crippen LogP contribution in [0, 0.1) is 0 Å². The van der Waals surface area contributed by atoms with Gasteiger partial charge in [-0.3, -0.25) is 9.69 Å². The Balaban J connectivity index is 1.47. The second-order valence-electron chi connectivity index (χ2n) is 6.42. The third-order valence-corrected chi connectivity index (χ3v) is 5.21. The van der Waals surface area contributed by atoms with Crippen LogP contribution in [-0.4, -0.2) is 50.6 Å². The summed E-state index contributed by atoms with van der Waals surface area (Å²) in [7, 11) is 1.57. The third kappa shape index (κ3) is 5.28. The van der Waals surface area contributed by atoms with E-state index in [0.717, 1.165) is 36.9 Å². The molecule has 0 spiro atoms. The van der Waals surface area contributed by atoms with Crippen molar-refractivity contribution in [1.29, 1.82) is 0 Å². The molecule has 0 atom stereocenters. The van der Waals surface area contributed by atoms with Crippen molar-refractivity contribution in [1.82, 2.24) is 4.90 Å². The normalized spacial score (nSPS) is 14.9. The predicted molar refractivity (Wildman–Crippen MR) is 111 cm³/mol. The van der Waals surface area contributed by atoms with Gasteiger partial charge in [0.2, 0.25) is 5.91 Å². The molecule has 3 rings (SSSR count). The molecule has 0 unspecified atom stereocenters.